The molecule has 0 aliphatic rings. The number of nitrogens with two attached hydrogens (primary N) is 3. The van der Waals surface area contributed by atoms with E-state index in [1.165, 1.54) is 11.0 Å². The topological polar surface area (TPSA) is 601 Å². The zero-order chi connectivity index (χ0) is 93.5. The first-order chi connectivity index (χ1) is 56.8. The molecule has 0 aromatic carbocycles. The van der Waals surface area contributed by atoms with Gasteiger partial charge in [0.25, 0.3) is 11.8 Å². The van der Waals surface area contributed by atoms with Crippen LogP contribution in [0.25, 0.3) is 0 Å². The second-order valence-electron chi connectivity index (χ2n) is 26.2. The Morgan fingerprint density at radius 3 is 0.927 bits per heavy atom. The maximum Gasteiger partial charge on any atom is 0.431 e. The smallest absolute Gasteiger partial charge is 0.431 e. The van der Waals surface area contributed by atoms with Crippen LogP contribution in [0.15, 0.2) is 0 Å². The number of hydroxylamine groups is 4. The molecule has 0 atom stereocenters. The third-order valence-corrected chi connectivity index (χ3v) is 10.4. The maximum absolute atomic E-state index is 11.3. The normalized spacial score (nSPS) is 10.2. The van der Waals surface area contributed by atoms with Crippen LogP contribution >= 0.6 is 0 Å². The fourth-order valence-electron chi connectivity index (χ4n) is 5.72. The summed E-state index contributed by atoms with van der Waals surface area (Å²) in [6.45, 7) is 39.5. The van der Waals surface area contributed by atoms with Crippen molar-refractivity contribution in [2.24, 2.45) is 5.73 Å². The van der Waals surface area contributed by atoms with Gasteiger partial charge in [-0.25, -0.2) is 61.9 Å². The Morgan fingerprint density at radius 2 is 0.629 bits per heavy atom. The molecule has 2 radical (unpaired) electrons. The summed E-state index contributed by atoms with van der Waals surface area (Å²) in [6.07, 6.45) is -0.486. The maximum atomic E-state index is 11.3. The van der Waals surface area contributed by atoms with Gasteiger partial charge in [-0.3, -0.25) is 24.4 Å². The molecule has 0 aromatic rings. The zero-order valence-corrected chi connectivity index (χ0v) is 83.5. The first-order valence-electron chi connectivity index (χ1n) is 38.5. The Kier molecular flexibility index (Phi) is 151. The third-order valence-electron chi connectivity index (χ3n) is 10.4. The van der Waals surface area contributed by atoms with Gasteiger partial charge < -0.3 is 131 Å². The van der Waals surface area contributed by atoms with Crippen molar-refractivity contribution in [1.29, 1.82) is 0 Å². The van der Waals surface area contributed by atoms with E-state index in [-0.39, 0.29) is 137 Å². The van der Waals surface area contributed by atoms with Crippen molar-refractivity contribution in [2.45, 2.75) is 134 Å². The number of hydrogen-bond donors (Lipinski definition) is 12. The fraction of sp³-hybridized carbons (Fsp3) is 0.893. The number of nitrogens with one attached hydrogen (secondary N) is 5. The number of carboxylic acid groups (broad SMARTS) is 1. The van der Waals surface area contributed by atoms with Gasteiger partial charge in [-0.2, -0.15) is 15.2 Å². The molecule has 0 saturated heterocycles. The van der Waals surface area contributed by atoms with Crippen molar-refractivity contribution in [3.05, 3.63) is 0 Å². The minimum atomic E-state index is -1.11. The Hall–Kier alpha value is -3.59. The number of amides is 5. The molecule has 0 aliphatic carbocycles. The van der Waals surface area contributed by atoms with Gasteiger partial charge in [0.05, 0.1) is 173 Å². The molecule has 0 bridgehead atoms. The largest absolute Gasteiger partial charge is 0.480 e. The van der Waals surface area contributed by atoms with E-state index in [9.17, 15) is 38.4 Å². The number of hydrogen-bond acceptors (Lipinski definition) is 37. The molecule has 0 saturated carbocycles. The van der Waals surface area contributed by atoms with Crippen LogP contribution in [-0.2, 0) is 223 Å². The average Bonchev–Trinajstić information content (AvgIpc) is 0.961. The first kappa shape index (κ1) is 152. The van der Waals surface area contributed by atoms with E-state index in [1.54, 1.807) is 132 Å². The van der Waals surface area contributed by atoms with Crippen molar-refractivity contribution in [2.75, 3.05) is 315 Å². The van der Waals surface area contributed by atoms with E-state index in [1.807, 2.05) is 33.3 Å². The number of methoxy groups -OCH3 is 8. The van der Waals surface area contributed by atoms with Crippen LogP contribution in [0, 0.1) is 0 Å². The average molecular weight is 1980 g/mol. The number of carbonyl (C=O) groups excluding carboxylic acids is 7. The summed E-state index contributed by atoms with van der Waals surface area (Å²) >= 11 is 0. The van der Waals surface area contributed by atoms with Crippen molar-refractivity contribution >= 4 is 47.8 Å². The van der Waals surface area contributed by atoms with Crippen LogP contribution in [0.1, 0.15) is 111 Å². The monoisotopic (exact) mass is 1980 g/mol. The summed E-state index contributed by atoms with van der Waals surface area (Å²) in [5.41, 5.74) is 9.46. The van der Waals surface area contributed by atoms with Crippen molar-refractivity contribution < 1.29 is 265 Å². The van der Waals surface area contributed by atoms with Crippen LogP contribution in [0.3, 0.4) is 0 Å². The van der Waals surface area contributed by atoms with Crippen molar-refractivity contribution in [3.63, 3.8) is 0 Å². The second kappa shape index (κ2) is 124. The predicted molar refractivity (Wildman–Crippen MR) is 446 cm³/mol. The molecule has 0 spiro atoms. The van der Waals surface area contributed by atoms with Gasteiger partial charge in [-0.05, 0) is 89.5 Å². The van der Waals surface area contributed by atoms with Crippen LogP contribution in [-0.4, -0.2) is 396 Å². The minimum Gasteiger partial charge on any atom is -0.480 e. The molecule has 0 unspecified atom stereocenters. The zero-order valence-electron chi connectivity index (χ0n) is 77.9. The Balaban J connectivity index is -0.0000000912. The minimum absolute atomic E-state index is 0. The summed E-state index contributed by atoms with van der Waals surface area (Å²) < 4.78 is 108. The first-order valence-corrected chi connectivity index (χ1v) is 38.5. The van der Waals surface area contributed by atoms with Crippen LogP contribution in [0.2, 0.25) is 0 Å². The second-order valence-corrected chi connectivity index (χ2v) is 26.2. The van der Waals surface area contributed by atoms with E-state index < -0.39 is 53.1 Å². The molecule has 746 valence electrons. The summed E-state index contributed by atoms with van der Waals surface area (Å²) in [5.74, 6) is 3.56. The summed E-state index contributed by atoms with van der Waals surface area (Å²) in [4.78, 5) is 110. The molecule has 0 fully saturated rings. The quantitative estimate of drug-likeness (QED) is 0.0102. The number of esters is 2. The molecular weight excluding hydrogens is 1810 g/mol. The number of carboxylic acids is 1. The third kappa shape index (κ3) is 187. The molecule has 47 nitrogen and oxygen atoms in total. The van der Waals surface area contributed by atoms with Crippen molar-refractivity contribution in [1.82, 2.24) is 26.9 Å². The van der Waals surface area contributed by atoms with Gasteiger partial charge in [0.1, 0.15) is 55.4 Å². The van der Waals surface area contributed by atoms with Gasteiger partial charge in [0, 0.05) is 155 Å². The molecule has 5 amide bonds. The number of quaternary nitrogens is 4. The molecule has 49 heteroatoms. The van der Waals surface area contributed by atoms with Gasteiger partial charge >= 0.3 is 30.1 Å². The van der Waals surface area contributed by atoms with E-state index in [4.69, 9.17) is 125 Å². The number of ether oxygens (including phenoxy) is 22. The Morgan fingerprint density at radius 1 is 0.339 bits per heavy atom. The van der Waals surface area contributed by atoms with E-state index in [0.717, 1.165) is 19.6 Å². The van der Waals surface area contributed by atoms with E-state index in [2.05, 4.69) is 53.8 Å². The van der Waals surface area contributed by atoms with Gasteiger partial charge in [-0.15, -0.1) is 0 Å². The van der Waals surface area contributed by atoms with Gasteiger partial charge in [-0.1, -0.05) is 21.8 Å². The summed E-state index contributed by atoms with van der Waals surface area (Å²) in [6, 6.07) is 0. The van der Waals surface area contributed by atoms with E-state index in [0.29, 0.717) is 191 Å². The van der Waals surface area contributed by atoms with Crippen molar-refractivity contribution in [3.8, 4) is 0 Å². The Bertz CT molecular complexity index is 2120. The number of rotatable bonds is 61. The van der Waals surface area contributed by atoms with Gasteiger partial charge in [0.2, 0.25) is 5.91 Å². The van der Waals surface area contributed by atoms with Crippen LogP contribution in [0.5, 0.6) is 0 Å². The van der Waals surface area contributed by atoms with E-state index >= 15 is 0 Å². The molecule has 19 N–H and O–H groups in total. The predicted octanol–water partition coefficient (Wildman–Crippen LogP) is -2.08. The van der Waals surface area contributed by atoms with Crippen LogP contribution < -0.4 is 55.4 Å². The molecule has 0 heterocycles. The van der Waals surface area contributed by atoms with Gasteiger partial charge in [0.15, 0.2) is 19.8 Å². The number of aliphatic carboxylic acids is 1. The summed E-state index contributed by atoms with van der Waals surface area (Å²) in [5, 5.41) is 24.0. The number of carbonyl (C=O) groups is 8. The Labute approximate surface area is 789 Å². The SMILES string of the molecule is C.C.CC(C)(C)OC(=O)COCC(=O)O.CC(C)(C)OC(=O)NO.CCCOCCOC.COCCOCCN.COCCOCCNC(=O)CONC(=O)OC(C)(C)C.COCCOCCNC(=O)CO[NH3+].COCCOCCOCC(=O)OC(C)(C)C.COCCOCCO[NH3+].C[NH2+]OCC(=O)NCCOCCOC.C[NH2+]OCCOCCOC.[Y].[Y]. The molecular formula is C75H172N10O37Y2+4. The molecule has 0 aromatic heterocycles. The summed E-state index contributed by atoms with van der Waals surface area (Å²) in [7, 11) is 16.6. The standard InChI is InChI=1S/C12H24N2O6.C11H22O5.C8H18N2O4.C8H14O5.C7H16N2O4.C6H15NO3.C6H14O2.C5H11NO3.C5H14NO3.C5H13NO2.2CH4.2Y/c1-12(2,3)20-11(16)14-19-9-10(15)13-5-6-18-8-7-17-4;1-11(2,3)16-10(12)9-15-8-7-14-6-5-13-4;1-9-14-7-8(11)10-3-4-13-6-5-12-2;1-8(2,3)13-7(11)5-12-4-6(9)10;1-11-4-5-12-3-2-9-7(10)6-13-8;1-7-10-6-5-9-4-3-8-2;1-3-4-8-6-5-7-2;1-5(2,3)9-4(7)6-8;1-7-2-3-8-4-5-9-6;1-7-4-5-8-3-2-6;;;;/h5-9H2,1-4H3,(H,13,15)(H,14,16);5-9H2,1-4H3;9H,3-7H2,1-2H3,(H,10,11);4-5H2,1-3H3,(H,9,10);2-6H2,1,8H3;7H,3-6H2,1-2H3;3-6H2,1-2H3;8H,1-3H3,(H,6,7);2-5H2,1,6H3;2-6H2,1H3;2*1H4;;/q;;;;;;;;+1;;;;;/p+3. The molecule has 0 aliphatic heterocycles. The van der Waals surface area contributed by atoms with Crippen LogP contribution in [0.4, 0.5) is 9.59 Å². The molecule has 124 heavy (non-hydrogen) atoms. The molecule has 0 rings (SSSR count). The fourth-order valence-corrected chi connectivity index (χ4v) is 5.72.